The summed E-state index contributed by atoms with van der Waals surface area (Å²) in [6.45, 7) is 0. The maximum atomic E-state index is 3.50. The SMILES string of the molecule is Brc1ccc(/C=C2\C=C(c3ccccc3)C=C2c2ccccc2)cc1. The molecule has 0 saturated heterocycles. The Kier molecular flexibility index (Phi) is 4.49. The lowest BCUT2D eigenvalue weighted by molar-refractivity contribution is 1.58. The lowest BCUT2D eigenvalue weighted by Crippen LogP contribution is -1.84. The molecular weight excluding hydrogens is 368 g/mol. The normalized spacial score (nSPS) is 15.2. The molecule has 0 atom stereocenters. The molecule has 3 aromatic rings. The maximum Gasteiger partial charge on any atom is 0.0175 e. The highest BCUT2D eigenvalue weighted by Gasteiger charge is 2.15. The van der Waals surface area contributed by atoms with Gasteiger partial charge in [-0.25, -0.2) is 0 Å². The molecule has 1 heteroatoms. The van der Waals surface area contributed by atoms with Gasteiger partial charge in [-0.1, -0.05) is 88.7 Å². The van der Waals surface area contributed by atoms with Crippen LogP contribution in [-0.4, -0.2) is 0 Å². The van der Waals surface area contributed by atoms with E-state index >= 15 is 0 Å². The second-order valence-corrected chi connectivity index (χ2v) is 6.96. The molecule has 25 heavy (non-hydrogen) atoms. The van der Waals surface area contributed by atoms with Crippen LogP contribution < -0.4 is 0 Å². The van der Waals surface area contributed by atoms with Gasteiger partial charge in [-0.3, -0.25) is 0 Å². The van der Waals surface area contributed by atoms with Crippen LogP contribution in [0.2, 0.25) is 0 Å². The Labute approximate surface area is 157 Å². The quantitative estimate of drug-likeness (QED) is 0.455. The van der Waals surface area contributed by atoms with Crippen LogP contribution in [0.3, 0.4) is 0 Å². The number of halogens is 1. The molecule has 0 spiro atoms. The Hall–Kier alpha value is -2.64. The second kappa shape index (κ2) is 7.08. The Morgan fingerprint density at radius 3 is 1.84 bits per heavy atom. The lowest BCUT2D eigenvalue weighted by Gasteiger charge is -2.05. The molecule has 0 unspecified atom stereocenters. The zero-order valence-electron chi connectivity index (χ0n) is 13.7. The van der Waals surface area contributed by atoms with Gasteiger partial charge in [0.1, 0.15) is 0 Å². The number of hydrogen-bond acceptors (Lipinski definition) is 0. The first kappa shape index (κ1) is 15.9. The highest BCUT2D eigenvalue weighted by atomic mass is 79.9. The lowest BCUT2D eigenvalue weighted by atomic mass is 9.99. The fraction of sp³-hybridized carbons (Fsp3) is 0. The van der Waals surface area contributed by atoms with Crippen LogP contribution in [0.1, 0.15) is 16.7 Å². The second-order valence-electron chi connectivity index (χ2n) is 6.04. The van der Waals surface area contributed by atoms with Gasteiger partial charge in [0.2, 0.25) is 0 Å². The number of rotatable bonds is 3. The van der Waals surface area contributed by atoms with Crippen molar-refractivity contribution in [3.63, 3.8) is 0 Å². The van der Waals surface area contributed by atoms with Gasteiger partial charge in [-0.15, -0.1) is 0 Å². The molecule has 0 nitrogen and oxygen atoms in total. The Balaban J connectivity index is 1.80. The standard InChI is InChI=1S/C24H17Br/c25-23-13-11-18(12-14-23)15-22-16-21(19-7-3-1-4-8-19)17-24(22)20-9-5-2-6-10-20/h1-17H/b22-15+. The van der Waals surface area contributed by atoms with Gasteiger partial charge < -0.3 is 0 Å². The predicted octanol–water partition coefficient (Wildman–Crippen LogP) is 7.01. The van der Waals surface area contributed by atoms with Gasteiger partial charge in [0.15, 0.2) is 0 Å². The third kappa shape index (κ3) is 3.57. The smallest absolute Gasteiger partial charge is 0.0175 e. The van der Waals surface area contributed by atoms with E-state index in [4.69, 9.17) is 0 Å². The van der Waals surface area contributed by atoms with Crippen LogP contribution in [0.4, 0.5) is 0 Å². The summed E-state index contributed by atoms with van der Waals surface area (Å²) >= 11 is 3.50. The molecule has 3 aromatic carbocycles. The van der Waals surface area contributed by atoms with E-state index in [0.717, 1.165) is 4.47 Å². The van der Waals surface area contributed by atoms with Crippen LogP contribution in [0, 0.1) is 0 Å². The minimum Gasteiger partial charge on any atom is -0.0622 e. The van der Waals surface area contributed by atoms with Crippen molar-refractivity contribution in [1.29, 1.82) is 0 Å². The summed E-state index contributed by atoms with van der Waals surface area (Å²) in [6.07, 6.45) is 6.82. The molecule has 4 rings (SSSR count). The van der Waals surface area contributed by atoms with Gasteiger partial charge >= 0.3 is 0 Å². The third-order valence-electron chi connectivity index (χ3n) is 4.31. The van der Waals surface area contributed by atoms with E-state index < -0.39 is 0 Å². The van der Waals surface area contributed by atoms with Crippen LogP contribution in [0.25, 0.3) is 17.2 Å². The molecule has 0 amide bonds. The molecule has 0 fully saturated rings. The molecule has 0 bridgehead atoms. The summed E-state index contributed by atoms with van der Waals surface area (Å²) in [4.78, 5) is 0. The molecule has 0 radical (unpaired) electrons. The first-order chi connectivity index (χ1) is 12.3. The van der Waals surface area contributed by atoms with Crippen LogP contribution in [-0.2, 0) is 0 Å². The summed E-state index contributed by atoms with van der Waals surface area (Å²) in [5.41, 5.74) is 7.45. The van der Waals surface area contributed by atoms with E-state index in [2.05, 4.69) is 119 Å². The Morgan fingerprint density at radius 2 is 1.20 bits per heavy atom. The topological polar surface area (TPSA) is 0 Å². The maximum absolute atomic E-state index is 3.50. The minimum absolute atomic E-state index is 1.10. The fourth-order valence-electron chi connectivity index (χ4n) is 3.05. The zero-order chi connectivity index (χ0) is 17.1. The van der Waals surface area contributed by atoms with Crippen LogP contribution in [0.5, 0.6) is 0 Å². The minimum atomic E-state index is 1.10. The van der Waals surface area contributed by atoms with Crippen LogP contribution in [0.15, 0.2) is 107 Å². The summed E-state index contributed by atoms with van der Waals surface area (Å²) in [5, 5.41) is 0. The van der Waals surface area contributed by atoms with Gasteiger partial charge in [-0.2, -0.15) is 0 Å². The summed E-state index contributed by atoms with van der Waals surface area (Å²) < 4.78 is 1.10. The first-order valence-electron chi connectivity index (χ1n) is 8.31. The third-order valence-corrected chi connectivity index (χ3v) is 4.83. The fourth-order valence-corrected chi connectivity index (χ4v) is 3.31. The van der Waals surface area contributed by atoms with Gasteiger partial charge in [-0.05, 0) is 63.8 Å². The zero-order valence-corrected chi connectivity index (χ0v) is 15.3. The van der Waals surface area contributed by atoms with Crippen molar-refractivity contribution >= 4 is 33.2 Å². The van der Waals surface area contributed by atoms with E-state index in [0.29, 0.717) is 0 Å². The molecule has 0 N–H and O–H groups in total. The largest absolute Gasteiger partial charge is 0.0622 e. The van der Waals surface area contributed by atoms with E-state index in [1.807, 2.05) is 0 Å². The molecule has 0 aromatic heterocycles. The van der Waals surface area contributed by atoms with E-state index in [1.54, 1.807) is 0 Å². The average molecular weight is 385 g/mol. The van der Waals surface area contributed by atoms with E-state index in [-0.39, 0.29) is 0 Å². The number of allylic oxidation sites excluding steroid dienone is 5. The molecular formula is C24H17Br. The predicted molar refractivity (Wildman–Crippen MR) is 111 cm³/mol. The van der Waals surface area contributed by atoms with Crippen molar-refractivity contribution in [1.82, 2.24) is 0 Å². The summed E-state index contributed by atoms with van der Waals surface area (Å²) in [6, 6.07) is 29.6. The summed E-state index contributed by atoms with van der Waals surface area (Å²) in [5.74, 6) is 0. The number of hydrogen-bond donors (Lipinski definition) is 0. The van der Waals surface area contributed by atoms with Crippen molar-refractivity contribution in [3.05, 3.63) is 124 Å². The van der Waals surface area contributed by atoms with Crippen LogP contribution >= 0.6 is 15.9 Å². The van der Waals surface area contributed by atoms with E-state index in [9.17, 15) is 0 Å². The van der Waals surface area contributed by atoms with E-state index in [1.165, 1.54) is 33.4 Å². The van der Waals surface area contributed by atoms with Gasteiger partial charge in [0.05, 0.1) is 0 Å². The summed E-state index contributed by atoms with van der Waals surface area (Å²) in [7, 11) is 0. The van der Waals surface area contributed by atoms with Crippen molar-refractivity contribution in [3.8, 4) is 0 Å². The molecule has 120 valence electrons. The highest BCUT2D eigenvalue weighted by Crippen LogP contribution is 2.37. The molecule has 1 aliphatic rings. The highest BCUT2D eigenvalue weighted by molar-refractivity contribution is 9.10. The van der Waals surface area contributed by atoms with Gasteiger partial charge in [0, 0.05) is 4.47 Å². The van der Waals surface area contributed by atoms with Crippen molar-refractivity contribution in [2.24, 2.45) is 0 Å². The Bertz CT molecular complexity index is 960. The molecule has 0 heterocycles. The van der Waals surface area contributed by atoms with Crippen molar-refractivity contribution in [2.75, 3.05) is 0 Å². The first-order valence-corrected chi connectivity index (χ1v) is 9.11. The average Bonchev–Trinajstić information content (AvgIpc) is 3.09. The van der Waals surface area contributed by atoms with Gasteiger partial charge in [0.25, 0.3) is 0 Å². The Morgan fingerprint density at radius 1 is 0.600 bits per heavy atom. The van der Waals surface area contributed by atoms with Crippen molar-refractivity contribution in [2.45, 2.75) is 0 Å². The van der Waals surface area contributed by atoms with Crippen molar-refractivity contribution < 1.29 is 0 Å². The monoisotopic (exact) mass is 384 g/mol. The molecule has 1 aliphatic carbocycles. The number of benzene rings is 3. The molecule has 0 saturated carbocycles. The molecule has 0 aliphatic heterocycles.